The summed E-state index contributed by atoms with van der Waals surface area (Å²) in [6, 6.07) is 133. The SMILES string of the molecule is CC(C)(C)c1ccc(-c2ccccc2N(c2ccccc2)c2cc3c4c(c2)N(c2ccccc2-c2ccccc2)c2cc5c(cc2B4c2ccccc2N3c2ccccc2-c2ccc(C(C)(C)C)cc2)B2c3ccccc3N(c3ccccc3)c3cc(N(c4ccccc4)c4ccccc4)cc(c32)O5)cc1. The van der Waals surface area contributed by atoms with E-state index >= 15 is 0 Å². The smallest absolute Gasteiger partial charge is 0.256 e. The Balaban J connectivity index is 0.915. The van der Waals surface area contributed by atoms with Gasteiger partial charge in [-0.1, -0.05) is 290 Å². The van der Waals surface area contributed by atoms with E-state index in [0.717, 1.165) is 141 Å². The fourth-order valence-corrected chi connectivity index (χ4v) is 17.0. The number of ether oxygens (including phenoxy) is 1. The predicted octanol–water partition coefficient (Wildman–Crippen LogP) is 22.7. The monoisotopic (exact) mass is 1360 g/mol. The second-order valence-electron chi connectivity index (χ2n) is 30.4. The maximum absolute atomic E-state index is 7.93. The van der Waals surface area contributed by atoms with Crippen LogP contribution in [0.15, 0.2) is 358 Å². The quantitative estimate of drug-likeness (QED) is 0.113. The Morgan fingerprint density at radius 2 is 0.642 bits per heavy atom. The molecule has 0 atom stereocenters. The van der Waals surface area contributed by atoms with Crippen molar-refractivity contribution < 1.29 is 4.74 Å². The lowest BCUT2D eigenvalue weighted by Gasteiger charge is -2.46. The van der Waals surface area contributed by atoms with Crippen molar-refractivity contribution in [1.82, 2.24) is 0 Å². The van der Waals surface area contributed by atoms with Gasteiger partial charge in [0.1, 0.15) is 11.5 Å². The molecule has 0 saturated heterocycles. The zero-order chi connectivity index (χ0) is 71.4. The van der Waals surface area contributed by atoms with E-state index in [1.54, 1.807) is 0 Å². The zero-order valence-electron chi connectivity index (χ0n) is 60.4. The van der Waals surface area contributed by atoms with Crippen LogP contribution in [0.5, 0.6) is 11.5 Å². The molecule has 506 valence electrons. The van der Waals surface area contributed by atoms with Gasteiger partial charge in [-0.2, -0.15) is 0 Å². The number of hydrogen-bond donors (Lipinski definition) is 0. The molecule has 0 aliphatic carbocycles. The predicted molar refractivity (Wildman–Crippen MR) is 449 cm³/mol. The van der Waals surface area contributed by atoms with Crippen molar-refractivity contribution in [3.8, 4) is 44.9 Å². The first-order valence-corrected chi connectivity index (χ1v) is 37.0. The Kier molecular flexibility index (Phi) is 15.5. The molecule has 0 radical (unpaired) electrons. The summed E-state index contributed by atoms with van der Waals surface area (Å²) in [6.45, 7) is 13.2. The molecule has 4 aliphatic heterocycles. The molecule has 0 spiro atoms. The lowest BCUT2D eigenvalue weighted by Crippen LogP contribution is -2.64. The minimum Gasteiger partial charge on any atom is -0.458 e. The van der Waals surface area contributed by atoms with Crippen LogP contribution in [0, 0.1) is 0 Å². The molecule has 106 heavy (non-hydrogen) atoms. The molecular formula is C98H77B2N5O. The molecule has 0 aromatic heterocycles. The summed E-state index contributed by atoms with van der Waals surface area (Å²) < 4.78 is 7.93. The van der Waals surface area contributed by atoms with Crippen LogP contribution in [0.1, 0.15) is 52.7 Å². The first-order valence-electron chi connectivity index (χ1n) is 37.0. The molecule has 0 unspecified atom stereocenters. The van der Waals surface area contributed by atoms with Gasteiger partial charge in [0.05, 0.1) is 28.4 Å². The first kappa shape index (κ1) is 64.1. The van der Waals surface area contributed by atoms with Crippen molar-refractivity contribution in [3.63, 3.8) is 0 Å². The molecular weight excluding hydrogens is 1280 g/mol. The molecule has 0 amide bonds. The van der Waals surface area contributed by atoms with Gasteiger partial charge in [-0.3, -0.25) is 0 Å². The topological polar surface area (TPSA) is 25.4 Å². The molecule has 19 rings (SSSR count). The Hall–Kier alpha value is -12.8. The van der Waals surface area contributed by atoms with E-state index < -0.39 is 0 Å². The summed E-state index contributed by atoms with van der Waals surface area (Å²) in [4.78, 5) is 12.5. The van der Waals surface area contributed by atoms with Crippen LogP contribution in [0.4, 0.5) is 85.3 Å². The van der Waals surface area contributed by atoms with Crippen molar-refractivity contribution >= 4 is 132 Å². The molecule has 4 heterocycles. The lowest BCUT2D eigenvalue weighted by atomic mass is 9.30. The number of para-hydroxylation sites is 9. The molecule has 0 bridgehead atoms. The van der Waals surface area contributed by atoms with Gasteiger partial charge in [-0.15, -0.1) is 0 Å². The van der Waals surface area contributed by atoms with Gasteiger partial charge in [0.2, 0.25) is 0 Å². The minimum absolute atomic E-state index is 0.0130. The Bertz CT molecular complexity index is 5820. The normalized spacial score (nSPS) is 13.0. The fraction of sp³-hybridized carbons (Fsp3) is 0.0816. The first-order chi connectivity index (χ1) is 51.9. The van der Waals surface area contributed by atoms with Crippen LogP contribution < -0.4 is 62.0 Å². The van der Waals surface area contributed by atoms with Crippen LogP contribution in [0.3, 0.4) is 0 Å². The van der Waals surface area contributed by atoms with Crippen molar-refractivity contribution in [2.24, 2.45) is 0 Å². The third kappa shape index (κ3) is 10.8. The largest absolute Gasteiger partial charge is 0.458 e. The van der Waals surface area contributed by atoms with Gasteiger partial charge >= 0.3 is 0 Å². The van der Waals surface area contributed by atoms with Crippen molar-refractivity contribution in [2.75, 3.05) is 24.5 Å². The lowest BCUT2D eigenvalue weighted by molar-refractivity contribution is 0.488. The molecule has 8 heteroatoms. The molecule has 6 nitrogen and oxygen atoms in total. The summed E-state index contributed by atoms with van der Waals surface area (Å²) in [6.07, 6.45) is 0. The maximum Gasteiger partial charge on any atom is 0.256 e. The van der Waals surface area contributed by atoms with Gasteiger partial charge in [-0.05, 0) is 168 Å². The number of fused-ring (bicyclic) bond motifs is 8. The van der Waals surface area contributed by atoms with Crippen molar-refractivity contribution in [3.05, 3.63) is 369 Å². The average molecular weight is 1360 g/mol. The van der Waals surface area contributed by atoms with Crippen LogP contribution >= 0.6 is 0 Å². The van der Waals surface area contributed by atoms with Gasteiger partial charge in [0.15, 0.2) is 0 Å². The van der Waals surface area contributed by atoms with Gasteiger partial charge in [0, 0.05) is 85.7 Å². The van der Waals surface area contributed by atoms with Crippen LogP contribution in [-0.4, -0.2) is 13.4 Å². The summed E-state index contributed by atoms with van der Waals surface area (Å²) in [5.74, 6) is 1.62. The number of rotatable bonds is 12. The maximum atomic E-state index is 7.93. The number of hydrogen-bond acceptors (Lipinski definition) is 6. The Morgan fingerprint density at radius 3 is 1.17 bits per heavy atom. The summed E-state index contributed by atoms with van der Waals surface area (Å²) in [5, 5.41) is 0. The van der Waals surface area contributed by atoms with E-state index in [9.17, 15) is 0 Å². The highest BCUT2D eigenvalue weighted by atomic mass is 16.5. The standard InChI is InChI=1S/C98H77B2N5O/c1-97(2,3)69-56-52-67(53-57-69)78-43-22-27-47-84(78)102(73-38-18-10-19-39-73)75-60-90-95-91(61-75)105(86-49-29-23-42-77(86)66-32-12-7-13-33-66)89-65-93-83(64-82(89)99(95)81-46-26-31-51-88(81)104(90)85-48-28-24-44-79(85)68-54-58-70(59-55-68)98(4,5)6)100-80-45-25-30-50-87(80)103(74-40-20-11-21-41-74)92-62-76(63-94(106-93)96(92)100)101(71-34-14-8-15-35-71)72-36-16-9-17-37-72/h7-65H,1-6H3. The van der Waals surface area contributed by atoms with E-state index in [4.69, 9.17) is 4.74 Å². The van der Waals surface area contributed by atoms with E-state index in [1.807, 2.05) is 0 Å². The molecule has 15 aromatic carbocycles. The molecule has 15 aromatic rings. The van der Waals surface area contributed by atoms with Gasteiger partial charge in [0.25, 0.3) is 13.4 Å². The molecule has 0 saturated carbocycles. The van der Waals surface area contributed by atoms with E-state index in [0.29, 0.717) is 0 Å². The highest BCUT2D eigenvalue weighted by molar-refractivity contribution is 7.02. The second-order valence-corrected chi connectivity index (χ2v) is 30.4. The van der Waals surface area contributed by atoms with Gasteiger partial charge in [-0.25, -0.2) is 0 Å². The van der Waals surface area contributed by atoms with Crippen LogP contribution in [0.25, 0.3) is 33.4 Å². The summed E-state index contributed by atoms with van der Waals surface area (Å²) in [7, 11) is 0. The summed E-state index contributed by atoms with van der Waals surface area (Å²) in [5.41, 5.74) is 32.3. The third-order valence-electron chi connectivity index (χ3n) is 22.0. The Morgan fingerprint density at radius 1 is 0.255 bits per heavy atom. The fourth-order valence-electron chi connectivity index (χ4n) is 17.0. The summed E-state index contributed by atoms with van der Waals surface area (Å²) >= 11 is 0. The zero-order valence-corrected chi connectivity index (χ0v) is 60.4. The van der Waals surface area contributed by atoms with Crippen LogP contribution in [-0.2, 0) is 10.8 Å². The average Bonchev–Trinajstić information content (AvgIpc) is 0.689. The van der Waals surface area contributed by atoms with Gasteiger partial charge < -0.3 is 29.2 Å². The van der Waals surface area contributed by atoms with Crippen LogP contribution in [0.2, 0.25) is 0 Å². The van der Waals surface area contributed by atoms with E-state index in [-0.39, 0.29) is 24.3 Å². The highest BCUT2D eigenvalue weighted by Crippen LogP contribution is 2.54. The van der Waals surface area contributed by atoms with Crippen molar-refractivity contribution in [2.45, 2.75) is 52.4 Å². The highest BCUT2D eigenvalue weighted by Gasteiger charge is 2.49. The van der Waals surface area contributed by atoms with Crippen molar-refractivity contribution in [1.29, 1.82) is 0 Å². The molecule has 4 aliphatic rings. The van der Waals surface area contributed by atoms with E-state index in [1.165, 1.54) is 33.0 Å². The molecule has 0 N–H and O–H groups in total. The number of anilines is 15. The van der Waals surface area contributed by atoms with E-state index in [2.05, 4.69) is 424 Å². The Labute approximate surface area is 623 Å². The molecule has 0 fully saturated rings. The number of benzene rings is 15. The minimum atomic E-state index is -0.267. The second kappa shape index (κ2) is 25.6. The number of nitrogens with zero attached hydrogens (tertiary/aromatic N) is 5. The third-order valence-corrected chi connectivity index (χ3v) is 22.0.